The first-order chi connectivity index (χ1) is 9.65. The van der Waals surface area contributed by atoms with Gasteiger partial charge in [-0.3, -0.25) is 9.78 Å². The zero-order valence-corrected chi connectivity index (χ0v) is 11.8. The van der Waals surface area contributed by atoms with Gasteiger partial charge >= 0.3 is 0 Å². The molecule has 0 unspecified atom stereocenters. The number of pyridine rings is 1. The highest BCUT2D eigenvalue weighted by Gasteiger charge is 2.18. The quantitative estimate of drug-likeness (QED) is 0.798. The zero-order chi connectivity index (χ0) is 14.1. The maximum atomic E-state index is 12.5. The van der Waals surface area contributed by atoms with Crippen LogP contribution in [0, 0.1) is 13.8 Å². The number of carbonyl (C=O) groups is 1. The number of fused-ring (bicyclic) bond motifs is 1. The number of aromatic nitrogens is 1. The molecule has 0 aliphatic carbocycles. The molecule has 104 valence electrons. The highest BCUT2D eigenvalue weighted by Crippen LogP contribution is 2.20. The minimum atomic E-state index is 0.0659. The monoisotopic (exact) mass is 270 g/mol. The summed E-state index contributed by atoms with van der Waals surface area (Å²) in [6, 6.07) is 7.84. The molecule has 0 saturated carbocycles. The predicted molar refractivity (Wildman–Crippen MR) is 77.9 cm³/mol. The average molecular weight is 270 g/mol. The van der Waals surface area contributed by atoms with E-state index in [2.05, 4.69) is 18.0 Å². The van der Waals surface area contributed by atoms with Crippen molar-refractivity contribution in [3.8, 4) is 0 Å². The molecule has 1 aromatic carbocycles. The van der Waals surface area contributed by atoms with Crippen LogP contribution in [0.15, 0.2) is 24.3 Å². The van der Waals surface area contributed by atoms with Gasteiger partial charge in [-0.1, -0.05) is 6.07 Å². The van der Waals surface area contributed by atoms with Crippen LogP contribution in [-0.2, 0) is 4.74 Å². The fourth-order valence-corrected chi connectivity index (χ4v) is 2.65. The lowest BCUT2D eigenvalue weighted by atomic mass is 10.1. The molecule has 3 rings (SSSR count). The van der Waals surface area contributed by atoms with Crippen LogP contribution in [0.25, 0.3) is 10.9 Å². The summed E-state index contributed by atoms with van der Waals surface area (Å²) in [5, 5.41) is 1.11. The molecular weight excluding hydrogens is 252 g/mol. The molecule has 1 aromatic heterocycles. The Balaban J connectivity index is 1.97. The highest BCUT2D eigenvalue weighted by molar-refractivity contribution is 5.98. The number of morpholine rings is 1. The second-order valence-corrected chi connectivity index (χ2v) is 5.22. The summed E-state index contributed by atoms with van der Waals surface area (Å²) in [5.74, 6) is 0.0659. The van der Waals surface area contributed by atoms with E-state index in [-0.39, 0.29) is 5.91 Å². The number of benzene rings is 1. The first-order valence-corrected chi connectivity index (χ1v) is 6.90. The number of ether oxygens (including phenoxy) is 1. The molecule has 4 heteroatoms. The summed E-state index contributed by atoms with van der Waals surface area (Å²) in [6.45, 7) is 6.61. The number of aryl methyl sites for hydroxylation is 2. The predicted octanol–water partition coefficient (Wildman–Crippen LogP) is 2.32. The Morgan fingerprint density at radius 3 is 2.70 bits per heavy atom. The lowest BCUT2D eigenvalue weighted by molar-refractivity contribution is 0.0303. The minimum Gasteiger partial charge on any atom is -0.378 e. The van der Waals surface area contributed by atoms with Gasteiger partial charge < -0.3 is 9.64 Å². The van der Waals surface area contributed by atoms with Crippen LogP contribution in [-0.4, -0.2) is 42.1 Å². The van der Waals surface area contributed by atoms with E-state index in [4.69, 9.17) is 4.74 Å². The van der Waals surface area contributed by atoms with Gasteiger partial charge in [-0.15, -0.1) is 0 Å². The molecule has 1 amide bonds. The molecule has 1 aliphatic heterocycles. The number of rotatable bonds is 1. The molecule has 20 heavy (non-hydrogen) atoms. The second-order valence-electron chi connectivity index (χ2n) is 5.22. The van der Waals surface area contributed by atoms with Gasteiger partial charge in [-0.2, -0.15) is 0 Å². The third-order valence-corrected chi connectivity index (χ3v) is 3.69. The number of amides is 1. The molecule has 0 spiro atoms. The van der Waals surface area contributed by atoms with Crippen LogP contribution < -0.4 is 0 Å². The van der Waals surface area contributed by atoms with Crippen molar-refractivity contribution in [1.29, 1.82) is 0 Å². The summed E-state index contributed by atoms with van der Waals surface area (Å²) in [4.78, 5) is 18.8. The van der Waals surface area contributed by atoms with Crippen LogP contribution in [0.2, 0.25) is 0 Å². The van der Waals surface area contributed by atoms with Crippen molar-refractivity contribution in [3.05, 3.63) is 41.1 Å². The summed E-state index contributed by atoms with van der Waals surface area (Å²) >= 11 is 0. The van der Waals surface area contributed by atoms with Crippen molar-refractivity contribution < 1.29 is 9.53 Å². The van der Waals surface area contributed by atoms with E-state index >= 15 is 0 Å². The molecule has 2 aromatic rings. The van der Waals surface area contributed by atoms with Crippen molar-refractivity contribution in [1.82, 2.24) is 9.88 Å². The summed E-state index contributed by atoms with van der Waals surface area (Å²) in [5.41, 5.74) is 3.77. The molecule has 1 fully saturated rings. The van der Waals surface area contributed by atoms with E-state index in [0.717, 1.165) is 16.6 Å². The molecule has 2 heterocycles. The maximum Gasteiger partial charge on any atom is 0.254 e. The van der Waals surface area contributed by atoms with Gasteiger partial charge in [0, 0.05) is 29.7 Å². The van der Waals surface area contributed by atoms with Gasteiger partial charge in [0.05, 0.1) is 18.7 Å². The van der Waals surface area contributed by atoms with Crippen molar-refractivity contribution in [2.45, 2.75) is 13.8 Å². The van der Waals surface area contributed by atoms with E-state index in [9.17, 15) is 4.79 Å². The van der Waals surface area contributed by atoms with E-state index in [1.807, 2.05) is 30.0 Å². The zero-order valence-electron chi connectivity index (χ0n) is 11.8. The van der Waals surface area contributed by atoms with Gasteiger partial charge in [0.15, 0.2) is 0 Å². The number of carbonyl (C=O) groups excluding carboxylic acids is 1. The third kappa shape index (κ3) is 2.39. The van der Waals surface area contributed by atoms with Gasteiger partial charge in [0.25, 0.3) is 5.91 Å². The van der Waals surface area contributed by atoms with Crippen LogP contribution in [0.4, 0.5) is 0 Å². The van der Waals surface area contributed by atoms with Crippen LogP contribution in [0.3, 0.4) is 0 Å². The third-order valence-electron chi connectivity index (χ3n) is 3.69. The van der Waals surface area contributed by atoms with E-state index < -0.39 is 0 Å². The molecule has 0 radical (unpaired) electrons. The Bertz CT molecular complexity index is 661. The lowest BCUT2D eigenvalue weighted by Gasteiger charge is -2.26. The number of nitrogens with zero attached hydrogens (tertiary/aromatic N) is 2. The van der Waals surface area contributed by atoms with Gasteiger partial charge in [-0.05, 0) is 37.6 Å². The molecule has 0 atom stereocenters. The van der Waals surface area contributed by atoms with Gasteiger partial charge in [-0.25, -0.2) is 0 Å². The Hall–Kier alpha value is -1.94. The Labute approximate surface area is 118 Å². The molecule has 4 nitrogen and oxygen atoms in total. The van der Waals surface area contributed by atoms with Crippen molar-refractivity contribution >= 4 is 16.8 Å². The summed E-state index contributed by atoms with van der Waals surface area (Å²) in [7, 11) is 0. The highest BCUT2D eigenvalue weighted by atomic mass is 16.5. The van der Waals surface area contributed by atoms with Gasteiger partial charge in [0.1, 0.15) is 0 Å². The van der Waals surface area contributed by atoms with Crippen molar-refractivity contribution in [3.63, 3.8) is 0 Å². The number of hydrogen-bond acceptors (Lipinski definition) is 3. The van der Waals surface area contributed by atoms with Crippen molar-refractivity contribution in [2.75, 3.05) is 26.3 Å². The smallest absolute Gasteiger partial charge is 0.254 e. The fraction of sp³-hybridized carbons (Fsp3) is 0.375. The van der Waals surface area contributed by atoms with Crippen LogP contribution in [0.5, 0.6) is 0 Å². The van der Waals surface area contributed by atoms with Crippen LogP contribution in [0.1, 0.15) is 21.6 Å². The SMILES string of the molecule is Cc1cc(C)c2ccc(C(=O)N3CCOCC3)cc2n1. The molecule has 0 N–H and O–H groups in total. The Morgan fingerprint density at radius 2 is 1.95 bits per heavy atom. The number of hydrogen-bond donors (Lipinski definition) is 0. The molecule has 1 saturated heterocycles. The largest absolute Gasteiger partial charge is 0.378 e. The topological polar surface area (TPSA) is 42.4 Å². The first-order valence-electron chi connectivity index (χ1n) is 6.90. The van der Waals surface area contributed by atoms with Gasteiger partial charge in [0.2, 0.25) is 0 Å². The molecular formula is C16H18N2O2. The normalized spacial score (nSPS) is 15.6. The second kappa shape index (κ2) is 5.21. The molecule has 0 bridgehead atoms. The van der Waals surface area contributed by atoms with E-state index in [1.165, 1.54) is 5.56 Å². The molecule has 1 aliphatic rings. The summed E-state index contributed by atoms with van der Waals surface area (Å²) in [6.07, 6.45) is 0. The standard InChI is InChI=1S/C16H18N2O2/c1-11-9-12(2)17-15-10-13(3-4-14(11)15)16(19)18-5-7-20-8-6-18/h3-4,9-10H,5-8H2,1-2H3. The Morgan fingerprint density at radius 1 is 1.20 bits per heavy atom. The minimum absolute atomic E-state index is 0.0659. The Kier molecular flexibility index (Phi) is 3.40. The van der Waals surface area contributed by atoms with Crippen LogP contribution >= 0.6 is 0 Å². The lowest BCUT2D eigenvalue weighted by Crippen LogP contribution is -2.40. The van der Waals surface area contributed by atoms with E-state index in [1.54, 1.807) is 0 Å². The maximum absolute atomic E-state index is 12.5. The average Bonchev–Trinajstić information content (AvgIpc) is 2.46. The van der Waals surface area contributed by atoms with Crippen molar-refractivity contribution in [2.24, 2.45) is 0 Å². The first kappa shape index (κ1) is 13.1. The summed E-state index contributed by atoms with van der Waals surface area (Å²) < 4.78 is 5.28. The van der Waals surface area contributed by atoms with E-state index in [0.29, 0.717) is 31.9 Å². The fourth-order valence-electron chi connectivity index (χ4n) is 2.65.